The van der Waals surface area contributed by atoms with Crippen LogP contribution in [0.25, 0.3) is 0 Å². The Morgan fingerprint density at radius 1 is 1.17 bits per heavy atom. The number of rotatable bonds is 3. The fourth-order valence-corrected chi connectivity index (χ4v) is 1.37. The molecule has 0 aliphatic heterocycles. The molecule has 2 heteroatoms. The van der Waals surface area contributed by atoms with Crippen LogP contribution in [0.15, 0.2) is 0 Å². The minimum atomic E-state index is -0.438. The number of aliphatic hydroxyl groups is 2. The molecular formula is C10H22O2. The average Bonchev–Trinajstić information content (AvgIpc) is 1.98. The van der Waals surface area contributed by atoms with Gasteiger partial charge in [0.05, 0.1) is 12.2 Å². The van der Waals surface area contributed by atoms with Crippen molar-refractivity contribution in [1.29, 1.82) is 0 Å². The summed E-state index contributed by atoms with van der Waals surface area (Å²) in [7, 11) is 0. The maximum absolute atomic E-state index is 9.80. The van der Waals surface area contributed by atoms with Gasteiger partial charge >= 0.3 is 0 Å². The van der Waals surface area contributed by atoms with E-state index in [4.69, 9.17) is 0 Å². The lowest BCUT2D eigenvalue weighted by atomic mass is 9.79. The SMILES string of the molecule is CCC(O)C(C)C(O)C(C)(C)C. The fraction of sp³-hybridized carbons (Fsp3) is 1.00. The first-order valence-electron chi connectivity index (χ1n) is 4.66. The van der Waals surface area contributed by atoms with Crippen molar-refractivity contribution < 1.29 is 10.2 Å². The second-order valence-corrected chi connectivity index (χ2v) is 4.65. The Kier molecular flexibility index (Phi) is 4.21. The van der Waals surface area contributed by atoms with Crippen LogP contribution >= 0.6 is 0 Å². The first-order valence-corrected chi connectivity index (χ1v) is 4.66. The van der Waals surface area contributed by atoms with Gasteiger partial charge in [-0.3, -0.25) is 0 Å². The van der Waals surface area contributed by atoms with E-state index in [1.807, 2.05) is 34.6 Å². The van der Waals surface area contributed by atoms with Crippen LogP contribution in [0, 0.1) is 11.3 Å². The zero-order valence-corrected chi connectivity index (χ0v) is 8.83. The van der Waals surface area contributed by atoms with Crippen molar-refractivity contribution in [2.45, 2.75) is 53.2 Å². The lowest BCUT2D eigenvalue weighted by Gasteiger charge is -2.33. The van der Waals surface area contributed by atoms with E-state index in [2.05, 4.69) is 0 Å². The summed E-state index contributed by atoms with van der Waals surface area (Å²) in [4.78, 5) is 0. The van der Waals surface area contributed by atoms with Crippen molar-refractivity contribution in [3.8, 4) is 0 Å². The fourth-order valence-electron chi connectivity index (χ4n) is 1.37. The first-order chi connectivity index (χ1) is 5.30. The highest BCUT2D eigenvalue weighted by Crippen LogP contribution is 2.27. The Labute approximate surface area is 75.6 Å². The van der Waals surface area contributed by atoms with Gasteiger partial charge in [0, 0.05) is 5.92 Å². The summed E-state index contributed by atoms with van der Waals surface area (Å²) in [6.45, 7) is 9.77. The van der Waals surface area contributed by atoms with E-state index < -0.39 is 6.10 Å². The molecular weight excluding hydrogens is 152 g/mol. The number of aliphatic hydroxyl groups excluding tert-OH is 2. The van der Waals surface area contributed by atoms with Crippen molar-refractivity contribution in [2.75, 3.05) is 0 Å². The molecule has 0 fully saturated rings. The van der Waals surface area contributed by atoms with Gasteiger partial charge in [0.2, 0.25) is 0 Å². The molecule has 0 saturated heterocycles. The van der Waals surface area contributed by atoms with E-state index in [0.717, 1.165) is 0 Å². The smallest absolute Gasteiger partial charge is 0.0638 e. The molecule has 0 saturated carbocycles. The Morgan fingerprint density at radius 3 is 1.83 bits per heavy atom. The minimum absolute atomic E-state index is 0.0463. The third-order valence-electron chi connectivity index (χ3n) is 2.41. The topological polar surface area (TPSA) is 40.5 Å². The molecule has 3 atom stereocenters. The predicted molar refractivity (Wildman–Crippen MR) is 50.9 cm³/mol. The van der Waals surface area contributed by atoms with Gasteiger partial charge in [0.25, 0.3) is 0 Å². The van der Waals surface area contributed by atoms with Crippen LogP contribution < -0.4 is 0 Å². The summed E-state index contributed by atoms with van der Waals surface area (Å²) >= 11 is 0. The zero-order chi connectivity index (χ0) is 9.94. The van der Waals surface area contributed by atoms with Crippen LogP contribution in [0.1, 0.15) is 41.0 Å². The van der Waals surface area contributed by atoms with Crippen LogP contribution in [0.3, 0.4) is 0 Å². The lowest BCUT2D eigenvalue weighted by molar-refractivity contribution is -0.0365. The molecule has 0 bridgehead atoms. The van der Waals surface area contributed by atoms with Gasteiger partial charge in [0.15, 0.2) is 0 Å². The van der Waals surface area contributed by atoms with E-state index in [9.17, 15) is 10.2 Å². The Morgan fingerprint density at radius 2 is 1.58 bits per heavy atom. The van der Waals surface area contributed by atoms with Gasteiger partial charge in [-0.05, 0) is 11.8 Å². The first kappa shape index (κ1) is 11.9. The molecule has 0 amide bonds. The van der Waals surface area contributed by atoms with Gasteiger partial charge < -0.3 is 10.2 Å². The third-order valence-corrected chi connectivity index (χ3v) is 2.41. The van der Waals surface area contributed by atoms with Gasteiger partial charge in [0.1, 0.15) is 0 Å². The van der Waals surface area contributed by atoms with Gasteiger partial charge in [-0.2, -0.15) is 0 Å². The molecule has 3 unspecified atom stereocenters. The summed E-state index contributed by atoms with van der Waals surface area (Å²) in [6, 6.07) is 0. The van der Waals surface area contributed by atoms with E-state index in [0.29, 0.717) is 6.42 Å². The quantitative estimate of drug-likeness (QED) is 0.685. The molecule has 2 N–H and O–H groups in total. The molecule has 0 rings (SSSR count). The molecule has 2 nitrogen and oxygen atoms in total. The molecule has 0 aromatic heterocycles. The van der Waals surface area contributed by atoms with Crippen molar-refractivity contribution in [1.82, 2.24) is 0 Å². The molecule has 0 heterocycles. The van der Waals surface area contributed by atoms with Gasteiger partial charge in [-0.15, -0.1) is 0 Å². The molecule has 0 aliphatic rings. The molecule has 0 radical (unpaired) electrons. The summed E-state index contributed by atoms with van der Waals surface area (Å²) < 4.78 is 0. The summed E-state index contributed by atoms with van der Waals surface area (Å²) in [5.41, 5.74) is -0.143. The Bertz CT molecular complexity index is 126. The van der Waals surface area contributed by atoms with Gasteiger partial charge in [-0.1, -0.05) is 34.6 Å². The van der Waals surface area contributed by atoms with Crippen LogP contribution in [0.4, 0.5) is 0 Å². The maximum atomic E-state index is 9.80. The predicted octanol–water partition coefficient (Wildman–Crippen LogP) is 1.80. The number of hydrogen-bond donors (Lipinski definition) is 2. The van der Waals surface area contributed by atoms with Crippen molar-refractivity contribution >= 4 is 0 Å². The average molecular weight is 174 g/mol. The Balaban J connectivity index is 4.19. The highest BCUT2D eigenvalue weighted by molar-refractivity contribution is 4.80. The number of hydrogen-bond acceptors (Lipinski definition) is 2. The zero-order valence-electron chi connectivity index (χ0n) is 8.83. The normalized spacial score (nSPS) is 20.2. The van der Waals surface area contributed by atoms with Gasteiger partial charge in [-0.25, -0.2) is 0 Å². The monoisotopic (exact) mass is 174 g/mol. The second kappa shape index (κ2) is 4.24. The van der Waals surface area contributed by atoms with Crippen molar-refractivity contribution in [3.05, 3.63) is 0 Å². The molecule has 74 valence electrons. The van der Waals surface area contributed by atoms with Crippen LogP contribution in [-0.2, 0) is 0 Å². The van der Waals surface area contributed by atoms with E-state index in [1.54, 1.807) is 0 Å². The summed E-state index contributed by atoms with van der Waals surface area (Å²) in [6.07, 6.45) is -0.124. The van der Waals surface area contributed by atoms with Crippen LogP contribution in [0.5, 0.6) is 0 Å². The molecule has 0 aliphatic carbocycles. The Hall–Kier alpha value is -0.0800. The van der Waals surface area contributed by atoms with E-state index in [-0.39, 0.29) is 17.4 Å². The molecule has 0 spiro atoms. The van der Waals surface area contributed by atoms with E-state index >= 15 is 0 Å². The summed E-state index contributed by atoms with van der Waals surface area (Å²) in [5.74, 6) is -0.0463. The lowest BCUT2D eigenvalue weighted by Crippen LogP contribution is -2.38. The van der Waals surface area contributed by atoms with Crippen molar-refractivity contribution in [2.24, 2.45) is 11.3 Å². The summed E-state index contributed by atoms with van der Waals surface area (Å²) in [5, 5.41) is 19.3. The second-order valence-electron chi connectivity index (χ2n) is 4.65. The standard InChI is InChI=1S/C10H22O2/c1-6-8(11)7(2)9(12)10(3,4)5/h7-9,11-12H,6H2,1-5H3. The largest absolute Gasteiger partial charge is 0.393 e. The van der Waals surface area contributed by atoms with Crippen molar-refractivity contribution in [3.63, 3.8) is 0 Å². The van der Waals surface area contributed by atoms with Crippen LogP contribution in [-0.4, -0.2) is 22.4 Å². The van der Waals surface area contributed by atoms with E-state index in [1.165, 1.54) is 0 Å². The molecule has 12 heavy (non-hydrogen) atoms. The highest BCUT2D eigenvalue weighted by Gasteiger charge is 2.30. The maximum Gasteiger partial charge on any atom is 0.0638 e. The van der Waals surface area contributed by atoms with Crippen LogP contribution in [0.2, 0.25) is 0 Å². The third kappa shape index (κ3) is 3.11. The molecule has 0 aromatic carbocycles. The highest BCUT2D eigenvalue weighted by atomic mass is 16.3. The molecule has 0 aromatic rings. The minimum Gasteiger partial charge on any atom is -0.393 e.